The highest BCUT2D eigenvalue weighted by Crippen LogP contribution is 2.28. The Bertz CT molecular complexity index is 596. The Balaban J connectivity index is 2.07. The molecule has 0 atom stereocenters. The molecule has 1 aromatic rings. The molecule has 2 rings (SSSR count). The Morgan fingerprint density at radius 3 is 2.15 bits per heavy atom. The lowest BCUT2D eigenvalue weighted by Gasteiger charge is -2.19. The first-order chi connectivity index (χ1) is 9.20. The summed E-state index contributed by atoms with van der Waals surface area (Å²) in [4.78, 5) is 13.7. The highest BCUT2D eigenvalue weighted by Gasteiger charge is 2.30. The van der Waals surface area contributed by atoms with Crippen LogP contribution in [0.25, 0.3) is 0 Å². The van der Waals surface area contributed by atoms with Gasteiger partial charge in [-0.3, -0.25) is 10.2 Å². The van der Waals surface area contributed by atoms with Crippen molar-refractivity contribution in [2.45, 2.75) is 43.9 Å². The van der Waals surface area contributed by atoms with Crippen LogP contribution in [0.1, 0.15) is 39.2 Å². The minimum Gasteiger partial charge on any atom is -0.277 e. The van der Waals surface area contributed by atoms with E-state index in [1.807, 2.05) is 0 Å². The fourth-order valence-electron chi connectivity index (χ4n) is 1.76. The summed E-state index contributed by atoms with van der Waals surface area (Å²) in [5.74, 6) is -0.305. The molecule has 1 saturated carbocycles. The average molecular weight is 296 g/mol. The highest BCUT2D eigenvalue weighted by atomic mass is 32.2. The highest BCUT2D eigenvalue weighted by molar-refractivity contribution is 7.89. The maximum absolute atomic E-state index is 12.0. The van der Waals surface area contributed by atoms with Gasteiger partial charge in [0.05, 0.1) is 4.90 Å². The number of hydrazine groups is 1. The number of amides is 1. The summed E-state index contributed by atoms with van der Waals surface area (Å²) < 4.78 is 24.0. The number of hydrogen-bond donors (Lipinski definition) is 2. The molecule has 0 saturated heterocycles. The first-order valence-electron chi connectivity index (χ1n) is 6.62. The average Bonchev–Trinajstić information content (AvgIpc) is 3.19. The SMILES string of the molecule is CC(C)(C)c1ccc(S(=O)(=O)NNC(=O)C2CC2)cc1. The van der Waals surface area contributed by atoms with Gasteiger partial charge < -0.3 is 0 Å². The molecule has 1 aliphatic carbocycles. The number of hydrogen-bond acceptors (Lipinski definition) is 3. The molecule has 6 heteroatoms. The third-order valence-electron chi connectivity index (χ3n) is 3.29. The molecule has 0 bridgehead atoms. The van der Waals surface area contributed by atoms with Crippen molar-refractivity contribution in [1.82, 2.24) is 10.3 Å². The van der Waals surface area contributed by atoms with Gasteiger partial charge in [0.15, 0.2) is 0 Å². The van der Waals surface area contributed by atoms with Crippen LogP contribution in [-0.4, -0.2) is 14.3 Å². The molecule has 1 fully saturated rings. The van der Waals surface area contributed by atoms with Gasteiger partial charge in [-0.15, -0.1) is 4.83 Å². The van der Waals surface area contributed by atoms with Gasteiger partial charge in [0.1, 0.15) is 0 Å². The van der Waals surface area contributed by atoms with Crippen molar-refractivity contribution in [2.75, 3.05) is 0 Å². The van der Waals surface area contributed by atoms with E-state index in [2.05, 4.69) is 31.0 Å². The second-order valence-electron chi connectivity index (χ2n) is 6.14. The van der Waals surface area contributed by atoms with E-state index in [0.717, 1.165) is 18.4 Å². The standard InChI is InChI=1S/C14H20N2O3S/c1-14(2,3)11-6-8-12(9-7-11)20(18,19)16-15-13(17)10-4-5-10/h6-10,16H,4-5H2,1-3H3,(H,15,17). The number of nitrogens with one attached hydrogen (secondary N) is 2. The zero-order chi connectivity index (χ0) is 15.0. The fourth-order valence-corrected chi connectivity index (χ4v) is 2.61. The first-order valence-corrected chi connectivity index (χ1v) is 8.11. The quantitative estimate of drug-likeness (QED) is 0.830. The van der Waals surface area contributed by atoms with E-state index in [4.69, 9.17) is 0 Å². The fraction of sp³-hybridized carbons (Fsp3) is 0.500. The van der Waals surface area contributed by atoms with Gasteiger partial charge >= 0.3 is 0 Å². The summed E-state index contributed by atoms with van der Waals surface area (Å²) >= 11 is 0. The molecule has 20 heavy (non-hydrogen) atoms. The molecule has 0 heterocycles. The van der Waals surface area contributed by atoms with Crippen molar-refractivity contribution >= 4 is 15.9 Å². The molecular formula is C14H20N2O3S. The molecule has 5 nitrogen and oxygen atoms in total. The molecule has 0 spiro atoms. The van der Waals surface area contributed by atoms with Crippen LogP contribution >= 0.6 is 0 Å². The van der Waals surface area contributed by atoms with Gasteiger partial charge in [-0.1, -0.05) is 32.9 Å². The van der Waals surface area contributed by atoms with Crippen molar-refractivity contribution in [3.8, 4) is 0 Å². The van der Waals surface area contributed by atoms with Gasteiger partial charge in [0, 0.05) is 5.92 Å². The number of benzene rings is 1. The monoisotopic (exact) mass is 296 g/mol. The molecular weight excluding hydrogens is 276 g/mol. The summed E-state index contributed by atoms with van der Waals surface area (Å²) in [5, 5.41) is 0. The van der Waals surface area contributed by atoms with Crippen LogP contribution in [0.5, 0.6) is 0 Å². The zero-order valence-corrected chi connectivity index (χ0v) is 12.8. The lowest BCUT2D eigenvalue weighted by molar-refractivity contribution is -0.122. The maximum atomic E-state index is 12.0. The van der Waals surface area contributed by atoms with Crippen molar-refractivity contribution in [3.05, 3.63) is 29.8 Å². The van der Waals surface area contributed by atoms with E-state index in [1.54, 1.807) is 24.3 Å². The normalized spacial score (nSPS) is 15.9. The summed E-state index contributed by atoms with van der Waals surface area (Å²) in [6.07, 6.45) is 1.65. The first kappa shape index (κ1) is 15.0. The van der Waals surface area contributed by atoms with Crippen LogP contribution in [0.15, 0.2) is 29.2 Å². The largest absolute Gasteiger partial charge is 0.277 e. The Kier molecular flexibility index (Phi) is 3.88. The zero-order valence-electron chi connectivity index (χ0n) is 11.9. The number of sulfonamides is 1. The Hall–Kier alpha value is -1.40. The van der Waals surface area contributed by atoms with E-state index in [9.17, 15) is 13.2 Å². The summed E-state index contributed by atoms with van der Waals surface area (Å²) in [5.41, 5.74) is 3.27. The lowest BCUT2D eigenvalue weighted by Crippen LogP contribution is -2.42. The Labute approximate surface area is 119 Å². The van der Waals surface area contributed by atoms with Crippen LogP contribution < -0.4 is 10.3 Å². The van der Waals surface area contributed by atoms with E-state index in [-0.39, 0.29) is 22.1 Å². The van der Waals surface area contributed by atoms with E-state index >= 15 is 0 Å². The summed E-state index contributed by atoms with van der Waals surface area (Å²) in [6, 6.07) is 6.67. The number of rotatable bonds is 4. The van der Waals surface area contributed by atoms with Crippen molar-refractivity contribution < 1.29 is 13.2 Å². The van der Waals surface area contributed by atoms with Gasteiger partial charge in [-0.05, 0) is 36.0 Å². The van der Waals surface area contributed by atoms with Crippen LogP contribution in [0.4, 0.5) is 0 Å². The molecule has 1 aromatic carbocycles. The topological polar surface area (TPSA) is 75.3 Å². The van der Waals surface area contributed by atoms with Gasteiger partial charge in [-0.25, -0.2) is 8.42 Å². The predicted octanol–water partition coefficient (Wildman–Crippen LogP) is 1.70. The second kappa shape index (κ2) is 5.18. The maximum Gasteiger partial charge on any atom is 0.257 e. The molecule has 1 aliphatic rings. The molecule has 110 valence electrons. The third kappa shape index (κ3) is 3.58. The van der Waals surface area contributed by atoms with Gasteiger partial charge in [-0.2, -0.15) is 0 Å². The smallest absolute Gasteiger partial charge is 0.257 e. The van der Waals surface area contributed by atoms with Crippen LogP contribution in [-0.2, 0) is 20.2 Å². The predicted molar refractivity (Wildman–Crippen MR) is 76.3 cm³/mol. The molecule has 1 amide bonds. The van der Waals surface area contributed by atoms with Crippen molar-refractivity contribution in [3.63, 3.8) is 0 Å². The van der Waals surface area contributed by atoms with Gasteiger partial charge in [0.25, 0.3) is 10.0 Å². The number of carbonyl (C=O) groups excluding carboxylic acids is 1. The Morgan fingerprint density at radius 2 is 1.70 bits per heavy atom. The minimum absolute atomic E-state index is 0.0318. The second-order valence-corrected chi connectivity index (χ2v) is 7.83. The minimum atomic E-state index is -3.71. The molecule has 2 N–H and O–H groups in total. The molecule has 0 aromatic heterocycles. The van der Waals surface area contributed by atoms with E-state index in [0.29, 0.717) is 0 Å². The Morgan fingerprint density at radius 1 is 1.15 bits per heavy atom. The van der Waals surface area contributed by atoms with Crippen molar-refractivity contribution in [1.29, 1.82) is 0 Å². The van der Waals surface area contributed by atoms with Crippen LogP contribution in [0.3, 0.4) is 0 Å². The van der Waals surface area contributed by atoms with Crippen molar-refractivity contribution in [2.24, 2.45) is 5.92 Å². The lowest BCUT2D eigenvalue weighted by atomic mass is 9.87. The molecule has 0 unspecified atom stereocenters. The van der Waals surface area contributed by atoms with E-state index in [1.165, 1.54) is 0 Å². The third-order valence-corrected chi connectivity index (χ3v) is 4.55. The summed E-state index contributed by atoms with van der Waals surface area (Å²) in [7, 11) is -3.71. The summed E-state index contributed by atoms with van der Waals surface area (Å²) in [6.45, 7) is 6.18. The molecule has 0 radical (unpaired) electrons. The van der Waals surface area contributed by atoms with Gasteiger partial charge in [0.2, 0.25) is 5.91 Å². The molecule has 0 aliphatic heterocycles. The van der Waals surface area contributed by atoms with Crippen LogP contribution in [0.2, 0.25) is 0 Å². The van der Waals surface area contributed by atoms with E-state index < -0.39 is 10.0 Å². The van der Waals surface area contributed by atoms with Crippen LogP contribution in [0, 0.1) is 5.92 Å². The number of carbonyl (C=O) groups is 1.